The molecule has 0 saturated carbocycles. The van der Waals surface area contributed by atoms with Crippen LogP contribution in [0.4, 0.5) is 11.6 Å². The molecule has 0 bridgehead atoms. The van der Waals surface area contributed by atoms with Gasteiger partial charge < -0.3 is 14.8 Å². The summed E-state index contributed by atoms with van der Waals surface area (Å²) in [6.45, 7) is 0. The first kappa shape index (κ1) is 16.0. The minimum Gasteiger partial charge on any atom is -0.496 e. The highest BCUT2D eigenvalue weighted by atomic mass is 16.5. The molecule has 0 aliphatic carbocycles. The van der Waals surface area contributed by atoms with Gasteiger partial charge in [-0.1, -0.05) is 24.3 Å². The molecular weight excluding hydrogens is 328 g/mol. The normalized spacial score (nSPS) is 10.7. The second-order valence-corrected chi connectivity index (χ2v) is 5.66. The Morgan fingerprint density at radius 3 is 2.38 bits per heavy atom. The summed E-state index contributed by atoms with van der Waals surface area (Å²) >= 11 is 0. The average Bonchev–Trinajstić information content (AvgIpc) is 3.11. The zero-order valence-corrected chi connectivity index (χ0v) is 14.5. The van der Waals surface area contributed by atoms with Gasteiger partial charge in [0.25, 0.3) is 0 Å². The lowest BCUT2D eigenvalue weighted by Crippen LogP contribution is -2.04. The summed E-state index contributed by atoms with van der Waals surface area (Å²) < 4.78 is 12.7. The molecule has 26 heavy (non-hydrogen) atoms. The fourth-order valence-electron chi connectivity index (χ4n) is 2.89. The number of hydrogen-bond donors (Lipinski definition) is 1. The number of ether oxygens (including phenoxy) is 2. The number of hydrogen-bond acceptors (Lipinski definition) is 5. The number of methoxy groups -OCH3 is 2. The molecule has 0 amide bonds. The molecule has 0 radical (unpaired) electrons. The Balaban J connectivity index is 1.78. The second kappa shape index (κ2) is 6.76. The maximum absolute atomic E-state index is 5.49. The highest BCUT2D eigenvalue weighted by Crippen LogP contribution is 2.31. The standard InChI is InChI=1S/C20H18N4O2/c1-25-18-9-5-3-7-15(18)17-12-11-14-13-21-20(23-24(14)17)22-16-8-4-6-10-19(16)26-2/h3-13H,1-2H3,(H,22,23). The predicted octanol–water partition coefficient (Wildman–Crippen LogP) is 4.16. The SMILES string of the molecule is COc1ccccc1Nc1ncc2ccc(-c3ccccc3OC)n2n1. The molecule has 0 spiro atoms. The molecule has 0 aliphatic heterocycles. The molecule has 1 N–H and O–H groups in total. The Labute approximate surface area is 151 Å². The molecule has 6 nitrogen and oxygen atoms in total. The van der Waals surface area contributed by atoms with E-state index in [-0.39, 0.29) is 0 Å². The predicted molar refractivity (Wildman–Crippen MR) is 101 cm³/mol. The van der Waals surface area contributed by atoms with Gasteiger partial charge in [-0.2, -0.15) is 0 Å². The molecule has 0 aliphatic rings. The van der Waals surface area contributed by atoms with E-state index in [4.69, 9.17) is 9.47 Å². The minimum absolute atomic E-state index is 0.481. The van der Waals surface area contributed by atoms with E-state index in [0.29, 0.717) is 5.95 Å². The summed E-state index contributed by atoms with van der Waals surface area (Å²) in [6, 6.07) is 19.5. The molecule has 0 atom stereocenters. The topological polar surface area (TPSA) is 60.7 Å². The number of aromatic nitrogens is 3. The van der Waals surface area contributed by atoms with Crippen LogP contribution in [0, 0.1) is 0 Å². The summed E-state index contributed by atoms with van der Waals surface area (Å²) in [4.78, 5) is 4.40. The molecule has 4 aromatic rings. The van der Waals surface area contributed by atoms with Crippen LogP contribution in [0.3, 0.4) is 0 Å². The van der Waals surface area contributed by atoms with Gasteiger partial charge in [0.05, 0.1) is 37.3 Å². The number of nitrogens with zero attached hydrogens (tertiary/aromatic N) is 3. The van der Waals surface area contributed by atoms with E-state index in [0.717, 1.165) is 34.0 Å². The second-order valence-electron chi connectivity index (χ2n) is 5.66. The van der Waals surface area contributed by atoms with Gasteiger partial charge >= 0.3 is 0 Å². The van der Waals surface area contributed by atoms with E-state index < -0.39 is 0 Å². The number of nitrogens with one attached hydrogen (secondary N) is 1. The Morgan fingerprint density at radius 1 is 0.846 bits per heavy atom. The van der Waals surface area contributed by atoms with Crippen molar-refractivity contribution in [3.8, 4) is 22.8 Å². The van der Waals surface area contributed by atoms with Crippen LogP contribution in [-0.2, 0) is 0 Å². The molecule has 0 unspecified atom stereocenters. The molecule has 4 rings (SSSR count). The van der Waals surface area contributed by atoms with Crippen molar-refractivity contribution in [3.05, 3.63) is 66.9 Å². The Morgan fingerprint density at radius 2 is 1.58 bits per heavy atom. The molecule has 2 heterocycles. The van der Waals surface area contributed by atoms with Crippen molar-refractivity contribution >= 4 is 17.2 Å². The van der Waals surface area contributed by atoms with Gasteiger partial charge in [-0.15, -0.1) is 5.10 Å². The Bertz CT molecular complexity index is 1060. The van der Waals surface area contributed by atoms with Crippen molar-refractivity contribution in [2.75, 3.05) is 19.5 Å². The lowest BCUT2D eigenvalue weighted by Gasteiger charge is -2.11. The Kier molecular flexibility index (Phi) is 4.15. The maximum atomic E-state index is 5.49. The number of para-hydroxylation sites is 3. The van der Waals surface area contributed by atoms with Gasteiger partial charge in [0.1, 0.15) is 11.5 Å². The largest absolute Gasteiger partial charge is 0.496 e. The first-order valence-corrected chi connectivity index (χ1v) is 8.18. The minimum atomic E-state index is 0.481. The highest BCUT2D eigenvalue weighted by Gasteiger charge is 2.12. The van der Waals surface area contributed by atoms with Crippen molar-refractivity contribution in [2.24, 2.45) is 0 Å². The monoisotopic (exact) mass is 346 g/mol. The van der Waals surface area contributed by atoms with Gasteiger partial charge in [-0.3, -0.25) is 0 Å². The van der Waals surface area contributed by atoms with Crippen LogP contribution >= 0.6 is 0 Å². The van der Waals surface area contributed by atoms with Crippen LogP contribution in [-0.4, -0.2) is 28.8 Å². The molecule has 0 saturated heterocycles. The lowest BCUT2D eigenvalue weighted by molar-refractivity contribution is 0.416. The van der Waals surface area contributed by atoms with Crippen LogP contribution in [0.2, 0.25) is 0 Å². The van der Waals surface area contributed by atoms with Crippen LogP contribution in [0.1, 0.15) is 0 Å². The van der Waals surface area contributed by atoms with Gasteiger partial charge in [0.2, 0.25) is 5.95 Å². The quantitative estimate of drug-likeness (QED) is 0.588. The molecule has 2 aromatic heterocycles. The van der Waals surface area contributed by atoms with E-state index in [1.54, 1.807) is 20.4 Å². The first-order chi connectivity index (χ1) is 12.8. The van der Waals surface area contributed by atoms with Gasteiger partial charge in [0, 0.05) is 5.56 Å². The fraction of sp³-hybridized carbons (Fsp3) is 0.100. The van der Waals surface area contributed by atoms with Crippen molar-refractivity contribution in [1.29, 1.82) is 0 Å². The fourth-order valence-corrected chi connectivity index (χ4v) is 2.89. The van der Waals surface area contributed by atoms with Crippen LogP contribution in [0.25, 0.3) is 16.8 Å². The number of anilines is 2. The van der Waals surface area contributed by atoms with Gasteiger partial charge in [-0.05, 0) is 36.4 Å². The smallest absolute Gasteiger partial charge is 0.245 e. The molecule has 2 aromatic carbocycles. The lowest BCUT2D eigenvalue weighted by atomic mass is 10.1. The van der Waals surface area contributed by atoms with Crippen LogP contribution in [0.15, 0.2) is 66.9 Å². The van der Waals surface area contributed by atoms with Crippen molar-refractivity contribution in [3.63, 3.8) is 0 Å². The number of benzene rings is 2. The summed E-state index contributed by atoms with van der Waals surface area (Å²) in [5.74, 6) is 2.01. The third kappa shape index (κ3) is 2.82. The third-order valence-electron chi connectivity index (χ3n) is 4.13. The van der Waals surface area contributed by atoms with E-state index in [1.807, 2.05) is 65.2 Å². The molecule has 0 fully saturated rings. The van der Waals surface area contributed by atoms with E-state index >= 15 is 0 Å². The van der Waals surface area contributed by atoms with Crippen molar-refractivity contribution in [1.82, 2.24) is 14.6 Å². The highest BCUT2D eigenvalue weighted by molar-refractivity contribution is 5.72. The summed E-state index contributed by atoms with van der Waals surface area (Å²) in [7, 11) is 3.30. The Hall–Kier alpha value is -3.54. The van der Waals surface area contributed by atoms with E-state index in [1.165, 1.54) is 0 Å². The van der Waals surface area contributed by atoms with Gasteiger partial charge in [0.15, 0.2) is 0 Å². The number of fused-ring (bicyclic) bond motifs is 1. The molecule has 6 heteroatoms. The first-order valence-electron chi connectivity index (χ1n) is 8.18. The zero-order chi connectivity index (χ0) is 17.9. The zero-order valence-electron chi connectivity index (χ0n) is 14.5. The van der Waals surface area contributed by atoms with E-state index in [9.17, 15) is 0 Å². The van der Waals surface area contributed by atoms with E-state index in [2.05, 4.69) is 15.4 Å². The summed E-state index contributed by atoms with van der Waals surface area (Å²) in [6.07, 6.45) is 1.78. The average molecular weight is 346 g/mol. The summed E-state index contributed by atoms with van der Waals surface area (Å²) in [5.41, 5.74) is 3.61. The maximum Gasteiger partial charge on any atom is 0.245 e. The van der Waals surface area contributed by atoms with Crippen molar-refractivity contribution < 1.29 is 9.47 Å². The van der Waals surface area contributed by atoms with Crippen LogP contribution < -0.4 is 14.8 Å². The summed E-state index contributed by atoms with van der Waals surface area (Å²) in [5, 5.41) is 7.85. The third-order valence-corrected chi connectivity index (χ3v) is 4.13. The van der Waals surface area contributed by atoms with Crippen LogP contribution in [0.5, 0.6) is 11.5 Å². The number of rotatable bonds is 5. The molecular formula is C20H18N4O2. The molecule has 130 valence electrons. The van der Waals surface area contributed by atoms with Gasteiger partial charge in [-0.25, -0.2) is 9.50 Å². The van der Waals surface area contributed by atoms with Crippen molar-refractivity contribution in [2.45, 2.75) is 0 Å².